The Labute approximate surface area is 121 Å². The summed E-state index contributed by atoms with van der Waals surface area (Å²) in [5.74, 6) is 1.90. The van der Waals surface area contributed by atoms with E-state index in [-0.39, 0.29) is 0 Å². The lowest BCUT2D eigenvalue weighted by atomic mass is 9.66. The SMILES string of the molecule is CCCNC(CCC)C1CCC(C(C)(C)CC)CC1. The Morgan fingerprint density at radius 2 is 1.63 bits per heavy atom. The minimum absolute atomic E-state index is 0.558. The molecule has 1 aliphatic carbocycles. The van der Waals surface area contributed by atoms with Crippen molar-refractivity contribution in [1.29, 1.82) is 0 Å². The van der Waals surface area contributed by atoms with Crippen molar-refractivity contribution in [2.24, 2.45) is 17.3 Å². The molecule has 1 fully saturated rings. The van der Waals surface area contributed by atoms with E-state index in [9.17, 15) is 0 Å². The van der Waals surface area contributed by atoms with Gasteiger partial charge in [0.15, 0.2) is 0 Å². The van der Waals surface area contributed by atoms with E-state index in [1.54, 1.807) is 0 Å². The zero-order chi connectivity index (χ0) is 14.3. The second kappa shape index (κ2) is 8.29. The summed E-state index contributed by atoms with van der Waals surface area (Å²) in [7, 11) is 0. The lowest BCUT2D eigenvalue weighted by molar-refractivity contribution is 0.112. The molecule has 114 valence electrons. The van der Waals surface area contributed by atoms with Crippen LogP contribution in [-0.2, 0) is 0 Å². The van der Waals surface area contributed by atoms with Crippen LogP contribution in [0.5, 0.6) is 0 Å². The third-order valence-corrected chi connectivity index (χ3v) is 5.61. The van der Waals surface area contributed by atoms with Crippen LogP contribution in [0.4, 0.5) is 0 Å². The minimum Gasteiger partial charge on any atom is -0.314 e. The van der Waals surface area contributed by atoms with Crippen LogP contribution in [0, 0.1) is 17.3 Å². The van der Waals surface area contributed by atoms with Gasteiger partial charge in [0, 0.05) is 6.04 Å². The molecule has 0 spiro atoms. The Morgan fingerprint density at radius 3 is 2.11 bits per heavy atom. The van der Waals surface area contributed by atoms with Gasteiger partial charge < -0.3 is 5.32 Å². The van der Waals surface area contributed by atoms with Gasteiger partial charge in [-0.2, -0.15) is 0 Å². The van der Waals surface area contributed by atoms with Crippen LogP contribution in [0.2, 0.25) is 0 Å². The molecule has 1 unspecified atom stereocenters. The number of rotatable bonds is 8. The molecule has 1 nitrogen and oxygen atoms in total. The molecule has 1 N–H and O–H groups in total. The predicted octanol–water partition coefficient (Wildman–Crippen LogP) is 5.40. The largest absolute Gasteiger partial charge is 0.314 e. The molecule has 19 heavy (non-hydrogen) atoms. The van der Waals surface area contributed by atoms with Crippen molar-refractivity contribution in [1.82, 2.24) is 5.32 Å². The quantitative estimate of drug-likeness (QED) is 0.621. The summed E-state index contributed by atoms with van der Waals surface area (Å²) in [5.41, 5.74) is 0.558. The second-order valence-corrected chi connectivity index (χ2v) is 7.30. The van der Waals surface area contributed by atoms with Gasteiger partial charge in [0.05, 0.1) is 0 Å². The smallest absolute Gasteiger partial charge is 0.00952 e. The molecule has 1 atom stereocenters. The van der Waals surface area contributed by atoms with Crippen molar-refractivity contribution in [2.45, 2.75) is 92.0 Å². The fourth-order valence-corrected chi connectivity index (χ4v) is 3.74. The molecule has 0 aromatic heterocycles. The highest BCUT2D eigenvalue weighted by molar-refractivity contribution is 4.86. The molecule has 0 bridgehead atoms. The normalized spacial score (nSPS) is 26.4. The Kier molecular flexibility index (Phi) is 7.42. The van der Waals surface area contributed by atoms with Gasteiger partial charge in [-0.25, -0.2) is 0 Å². The van der Waals surface area contributed by atoms with E-state index in [2.05, 4.69) is 39.9 Å². The number of hydrogen-bond acceptors (Lipinski definition) is 1. The molecule has 0 heterocycles. The van der Waals surface area contributed by atoms with Gasteiger partial charge in [0.1, 0.15) is 0 Å². The van der Waals surface area contributed by atoms with Crippen molar-refractivity contribution >= 4 is 0 Å². The first-order valence-corrected chi connectivity index (χ1v) is 8.78. The Morgan fingerprint density at radius 1 is 1.00 bits per heavy atom. The van der Waals surface area contributed by atoms with Crippen LogP contribution in [0.3, 0.4) is 0 Å². The summed E-state index contributed by atoms with van der Waals surface area (Å²) in [6.07, 6.45) is 11.1. The van der Waals surface area contributed by atoms with Gasteiger partial charge >= 0.3 is 0 Å². The third-order valence-electron chi connectivity index (χ3n) is 5.61. The highest BCUT2D eigenvalue weighted by atomic mass is 14.9. The van der Waals surface area contributed by atoms with Crippen LogP contribution < -0.4 is 5.32 Å². The average molecular weight is 268 g/mol. The van der Waals surface area contributed by atoms with E-state index < -0.39 is 0 Å². The lowest BCUT2D eigenvalue weighted by Gasteiger charge is -2.41. The second-order valence-electron chi connectivity index (χ2n) is 7.30. The third kappa shape index (κ3) is 5.10. The topological polar surface area (TPSA) is 12.0 Å². The molecule has 0 aromatic rings. The molecular weight excluding hydrogens is 230 g/mol. The number of hydrogen-bond donors (Lipinski definition) is 1. The van der Waals surface area contributed by atoms with Crippen molar-refractivity contribution < 1.29 is 0 Å². The maximum Gasteiger partial charge on any atom is 0.00952 e. The van der Waals surface area contributed by atoms with Crippen molar-refractivity contribution in [2.75, 3.05) is 6.54 Å². The monoisotopic (exact) mass is 267 g/mol. The standard InChI is InChI=1S/C18H37N/c1-6-9-17(19-14-7-2)15-10-12-16(13-11-15)18(4,5)8-3/h15-17,19H,6-14H2,1-5H3. The zero-order valence-electron chi connectivity index (χ0n) is 14.1. The predicted molar refractivity (Wildman–Crippen MR) is 86.5 cm³/mol. The van der Waals surface area contributed by atoms with E-state index in [1.807, 2.05) is 0 Å². The molecule has 0 radical (unpaired) electrons. The molecule has 0 saturated heterocycles. The van der Waals surface area contributed by atoms with Gasteiger partial charge in [-0.05, 0) is 62.3 Å². The van der Waals surface area contributed by atoms with Crippen LogP contribution >= 0.6 is 0 Å². The van der Waals surface area contributed by atoms with E-state index in [0.717, 1.165) is 17.9 Å². The fraction of sp³-hybridized carbons (Fsp3) is 1.00. The lowest BCUT2D eigenvalue weighted by Crippen LogP contribution is -2.40. The van der Waals surface area contributed by atoms with Crippen LogP contribution in [0.1, 0.15) is 86.0 Å². The number of nitrogens with one attached hydrogen (secondary N) is 1. The molecule has 0 aliphatic heterocycles. The molecule has 0 aromatic carbocycles. The Bertz CT molecular complexity index is 226. The highest BCUT2D eigenvalue weighted by Gasteiger charge is 2.33. The maximum atomic E-state index is 3.81. The zero-order valence-corrected chi connectivity index (χ0v) is 14.1. The molecule has 1 aliphatic rings. The highest BCUT2D eigenvalue weighted by Crippen LogP contribution is 2.43. The summed E-state index contributed by atoms with van der Waals surface area (Å²) in [6.45, 7) is 13.1. The van der Waals surface area contributed by atoms with E-state index in [0.29, 0.717) is 5.41 Å². The summed E-state index contributed by atoms with van der Waals surface area (Å²) < 4.78 is 0. The minimum atomic E-state index is 0.558. The molecular formula is C18H37N. The van der Waals surface area contributed by atoms with Crippen molar-refractivity contribution in [3.63, 3.8) is 0 Å². The Hall–Kier alpha value is -0.0400. The first-order chi connectivity index (χ1) is 9.05. The van der Waals surface area contributed by atoms with Gasteiger partial charge in [-0.1, -0.05) is 47.5 Å². The van der Waals surface area contributed by atoms with E-state index in [4.69, 9.17) is 0 Å². The van der Waals surface area contributed by atoms with E-state index in [1.165, 1.54) is 57.9 Å². The molecule has 1 saturated carbocycles. The molecule has 1 rings (SSSR count). The van der Waals surface area contributed by atoms with Gasteiger partial charge in [-0.15, -0.1) is 0 Å². The van der Waals surface area contributed by atoms with Crippen molar-refractivity contribution in [3.8, 4) is 0 Å². The van der Waals surface area contributed by atoms with E-state index >= 15 is 0 Å². The van der Waals surface area contributed by atoms with Crippen LogP contribution in [-0.4, -0.2) is 12.6 Å². The molecule has 0 amide bonds. The average Bonchev–Trinajstić information content (AvgIpc) is 2.43. The molecule has 1 heteroatoms. The Balaban J connectivity index is 2.45. The van der Waals surface area contributed by atoms with Crippen LogP contribution in [0.25, 0.3) is 0 Å². The van der Waals surface area contributed by atoms with Crippen molar-refractivity contribution in [3.05, 3.63) is 0 Å². The van der Waals surface area contributed by atoms with Gasteiger partial charge in [0.2, 0.25) is 0 Å². The fourth-order valence-electron chi connectivity index (χ4n) is 3.74. The van der Waals surface area contributed by atoms with Gasteiger partial charge in [-0.3, -0.25) is 0 Å². The summed E-state index contributed by atoms with van der Waals surface area (Å²) in [6, 6.07) is 0.788. The first kappa shape index (κ1) is 17.0. The van der Waals surface area contributed by atoms with Crippen LogP contribution in [0.15, 0.2) is 0 Å². The maximum absolute atomic E-state index is 3.81. The summed E-state index contributed by atoms with van der Waals surface area (Å²) >= 11 is 0. The van der Waals surface area contributed by atoms with Gasteiger partial charge in [0.25, 0.3) is 0 Å². The summed E-state index contributed by atoms with van der Waals surface area (Å²) in [4.78, 5) is 0. The first-order valence-electron chi connectivity index (χ1n) is 8.78. The summed E-state index contributed by atoms with van der Waals surface area (Å²) in [5, 5.41) is 3.81.